The summed E-state index contributed by atoms with van der Waals surface area (Å²) in [6.45, 7) is 4.46. The van der Waals surface area contributed by atoms with Gasteiger partial charge in [-0.25, -0.2) is 9.59 Å². The number of nitrogens with zero attached hydrogens (tertiary/aromatic N) is 4. The van der Waals surface area contributed by atoms with Gasteiger partial charge in [0.15, 0.2) is 5.69 Å². The molecule has 3 rings (SSSR count). The molecule has 1 aromatic heterocycles. The van der Waals surface area contributed by atoms with E-state index in [0.29, 0.717) is 43.6 Å². The summed E-state index contributed by atoms with van der Waals surface area (Å²) < 4.78 is 39.4. The second kappa shape index (κ2) is 7.63. The first-order valence-electron chi connectivity index (χ1n) is 8.62. The van der Waals surface area contributed by atoms with Crippen LogP contribution in [-0.4, -0.2) is 62.9 Å². The van der Waals surface area contributed by atoms with Crippen molar-refractivity contribution in [3.63, 3.8) is 0 Å². The summed E-state index contributed by atoms with van der Waals surface area (Å²) in [4.78, 5) is 27.0. The van der Waals surface area contributed by atoms with Crippen LogP contribution >= 0.6 is 0 Å². The molecule has 0 spiro atoms. The molecule has 0 radical (unpaired) electrons. The van der Waals surface area contributed by atoms with E-state index in [1.54, 1.807) is 0 Å². The average Bonchev–Trinajstić information content (AvgIpc) is 3.08. The van der Waals surface area contributed by atoms with Gasteiger partial charge in [-0.05, 0) is 12.5 Å². The predicted molar refractivity (Wildman–Crippen MR) is 93.0 cm³/mol. The van der Waals surface area contributed by atoms with Crippen LogP contribution in [0.2, 0.25) is 0 Å². The van der Waals surface area contributed by atoms with E-state index in [2.05, 4.69) is 16.1 Å². The summed E-state index contributed by atoms with van der Waals surface area (Å²) in [5.41, 5.74) is -0.321. The van der Waals surface area contributed by atoms with Crippen LogP contribution in [0, 0.1) is 6.92 Å². The number of hydrogen-bond donors (Lipinski definition) is 1. The van der Waals surface area contributed by atoms with Crippen molar-refractivity contribution < 1.29 is 27.9 Å². The highest BCUT2D eigenvalue weighted by Crippen LogP contribution is 2.31. The Bertz CT molecular complexity index is 886. The van der Waals surface area contributed by atoms with Gasteiger partial charge in [-0.1, -0.05) is 29.8 Å². The van der Waals surface area contributed by atoms with E-state index in [9.17, 15) is 22.8 Å². The number of hydrogen-bond acceptors (Lipinski definition) is 4. The molecule has 0 saturated carbocycles. The predicted octanol–water partition coefficient (Wildman–Crippen LogP) is 2.69. The van der Waals surface area contributed by atoms with Crippen molar-refractivity contribution in [2.45, 2.75) is 19.6 Å². The third-order valence-electron chi connectivity index (χ3n) is 4.55. The third-order valence-corrected chi connectivity index (χ3v) is 4.55. The van der Waals surface area contributed by atoms with Crippen molar-refractivity contribution in [3.8, 4) is 0 Å². The third kappa shape index (κ3) is 4.33. The molecule has 1 aliphatic rings. The maximum Gasteiger partial charge on any atom is 0.420 e. The molecule has 10 heteroatoms. The first-order chi connectivity index (χ1) is 13.1. The van der Waals surface area contributed by atoms with Gasteiger partial charge in [0.25, 0.3) is 0 Å². The fourth-order valence-electron chi connectivity index (χ4n) is 3.15. The molecule has 0 unspecified atom stereocenters. The first-order valence-corrected chi connectivity index (χ1v) is 8.62. The number of amides is 1. The molecule has 1 saturated heterocycles. The average molecular weight is 396 g/mol. The summed E-state index contributed by atoms with van der Waals surface area (Å²) in [7, 11) is 0. The van der Waals surface area contributed by atoms with Gasteiger partial charge in [0.2, 0.25) is 0 Å². The Morgan fingerprint density at radius 1 is 1.18 bits per heavy atom. The van der Waals surface area contributed by atoms with Gasteiger partial charge in [-0.2, -0.15) is 23.0 Å². The lowest BCUT2D eigenvalue weighted by Gasteiger charge is -2.34. The molecule has 150 valence electrons. The van der Waals surface area contributed by atoms with E-state index in [1.165, 1.54) is 4.90 Å². The number of aryl methyl sites for hydroxylation is 1. The number of halogens is 3. The smallest absolute Gasteiger partial charge is 0.420 e. The molecule has 28 heavy (non-hydrogen) atoms. The summed E-state index contributed by atoms with van der Waals surface area (Å²) in [6, 6.07) is 7.30. The van der Waals surface area contributed by atoms with Gasteiger partial charge in [0.05, 0.1) is 0 Å². The number of rotatable bonds is 3. The Morgan fingerprint density at radius 2 is 1.86 bits per heavy atom. The fourth-order valence-corrected chi connectivity index (χ4v) is 3.15. The van der Waals surface area contributed by atoms with Crippen LogP contribution in [0.1, 0.15) is 27.2 Å². The number of aromatic nitrogens is 2. The van der Waals surface area contributed by atoms with Crippen LogP contribution in [0.25, 0.3) is 0 Å². The second-order valence-electron chi connectivity index (χ2n) is 6.67. The number of alkyl halides is 3. The maximum atomic E-state index is 13.0. The summed E-state index contributed by atoms with van der Waals surface area (Å²) in [5, 5.41) is 12.3. The zero-order valence-electron chi connectivity index (χ0n) is 15.1. The van der Waals surface area contributed by atoms with Crippen molar-refractivity contribution in [1.29, 1.82) is 0 Å². The number of benzene rings is 1. The van der Waals surface area contributed by atoms with Crippen molar-refractivity contribution in [2.75, 3.05) is 26.2 Å². The maximum absolute atomic E-state index is 13.0. The van der Waals surface area contributed by atoms with Crippen LogP contribution in [0.5, 0.6) is 0 Å². The van der Waals surface area contributed by atoms with Crippen LogP contribution in [-0.2, 0) is 12.7 Å². The molecule has 1 amide bonds. The monoisotopic (exact) mass is 396 g/mol. The van der Waals surface area contributed by atoms with Crippen molar-refractivity contribution in [3.05, 3.63) is 52.8 Å². The highest BCUT2D eigenvalue weighted by Gasteiger charge is 2.39. The quantitative estimate of drug-likeness (QED) is 0.863. The lowest BCUT2D eigenvalue weighted by Crippen LogP contribution is -2.49. The summed E-state index contributed by atoms with van der Waals surface area (Å²) in [6.07, 6.45) is -4.47. The number of carboxylic acids is 1. The van der Waals surface area contributed by atoms with E-state index in [0.717, 1.165) is 11.1 Å². The largest absolute Gasteiger partial charge is 0.476 e. The standard InChI is InChI=1S/C18H19F3N4O3/c1-12-3-2-4-13(9-12)10-23-5-7-24(8-6-23)17(28)25-11-14(18(19,20)21)15(22-25)16(26)27/h2-4,9,11H,5-8,10H2,1H3,(H,26,27). The minimum atomic E-state index is -4.90. The topological polar surface area (TPSA) is 78.7 Å². The number of piperazine rings is 1. The van der Waals surface area contributed by atoms with E-state index in [1.807, 2.05) is 25.1 Å². The molecule has 1 aromatic carbocycles. The highest BCUT2D eigenvalue weighted by molar-refractivity contribution is 5.88. The molecule has 2 heterocycles. The van der Waals surface area contributed by atoms with Gasteiger partial charge in [0.1, 0.15) is 5.56 Å². The number of carbonyl (C=O) groups excluding carboxylic acids is 1. The van der Waals surface area contributed by atoms with Gasteiger partial charge >= 0.3 is 18.2 Å². The Balaban J connectivity index is 1.66. The van der Waals surface area contributed by atoms with Crippen LogP contribution in [0.4, 0.5) is 18.0 Å². The molecule has 1 fully saturated rings. The Morgan fingerprint density at radius 3 is 2.39 bits per heavy atom. The van der Waals surface area contributed by atoms with E-state index in [4.69, 9.17) is 5.11 Å². The number of carboxylic acid groups (broad SMARTS) is 1. The normalized spacial score (nSPS) is 15.6. The number of carbonyl (C=O) groups is 2. The highest BCUT2D eigenvalue weighted by atomic mass is 19.4. The van der Waals surface area contributed by atoms with Crippen molar-refractivity contribution >= 4 is 12.0 Å². The molecular formula is C18H19F3N4O3. The van der Waals surface area contributed by atoms with Gasteiger partial charge in [0, 0.05) is 38.9 Å². The molecule has 0 aliphatic carbocycles. The summed E-state index contributed by atoms with van der Waals surface area (Å²) >= 11 is 0. The zero-order chi connectivity index (χ0) is 20.5. The van der Waals surface area contributed by atoms with Gasteiger partial charge in [-0.3, -0.25) is 4.90 Å². The minimum Gasteiger partial charge on any atom is -0.476 e. The lowest BCUT2D eigenvalue weighted by molar-refractivity contribution is -0.138. The van der Waals surface area contributed by atoms with Crippen LogP contribution in [0.3, 0.4) is 0 Å². The summed E-state index contributed by atoms with van der Waals surface area (Å²) in [5.74, 6) is -1.83. The van der Waals surface area contributed by atoms with Crippen molar-refractivity contribution in [2.24, 2.45) is 0 Å². The SMILES string of the molecule is Cc1cccc(CN2CCN(C(=O)n3cc(C(F)(F)F)c(C(=O)O)n3)CC2)c1. The van der Waals surface area contributed by atoms with Crippen molar-refractivity contribution in [1.82, 2.24) is 19.6 Å². The molecular weight excluding hydrogens is 377 g/mol. The minimum absolute atomic E-state index is 0.314. The van der Waals surface area contributed by atoms with Gasteiger partial charge in [-0.15, -0.1) is 0 Å². The molecule has 0 atom stereocenters. The van der Waals surface area contributed by atoms with Crippen LogP contribution in [0.15, 0.2) is 30.5 Å². The van der Waals surface area contributed by atoms with E-state index < -0.39 is 29.4 Å². The Kier molecular flexibility index (Phi) is 5.41. The molecule has 1 aliphatic heterocycles. The molecule has 2 aromatic rings. The zero-order valence-corrected chi connectivity index (χ0v) is 15.1. The Labute approximate surface area is 159 Å². The molecule has 0 bridgehead atoms. The first kappa shape index (κ1) is 19.9. The van der Waals surface area contributed by atoms with E-state index >= 15 is 0 Å². The second-order valence-corrected chi connectivity index (χ2v) is 6.67. The number of aromatic carboxylic acids is 1. The van der Waals surface area contributed by atoms with Crippen LogP contribution < -0.4 is 0 Å². The lowest BCUT2D eigenvalue weighted by atomic mass is 10.1. The Hall–Kier alpha value is -2.88. The molecule has 1 N–H and O–H groups in total. The fraction of sp³-hybridized carbons (Fsp3) is 0.389. The molecule has 7 nitrogen and oxygen atoms in total. The van der Waals surface area contributed by atoms with E-state index in [-0.39, 0.29) is 0 Å². The van der Waals surface area contributed by atoms with Gasteiger partial charge < -0.3 is 10.0 Å².